The number of hydrogen-bond donors (Lipinski definition) is 1. The quantitative estimate of drug-likeness (QED) is 0.835. The van der Waals surface area contributed by atoms with E-state index in [1.165, 1.54) is 7.11 Å². The molecule has 1 aromatic carbocycles. The lowest BCUT2D eigenvalue weighted by molar-refractivity contribution is -0.153. The van der Waals surface area contributed by atoms with Gasteiger partial charge in [0.1, 0.15) is 16.9 Å². The highest BCUT2D eigenvalue weighted by Gasteiger charge is 2.52. The monoisotopic (exact) mass is 220 g/mol. The lowest BCUT2D eigenvalue weighted by Crippen LogP contribution is -2.48. The van der Waals surface area contributed by atoms with Gasteiger partial charge in [-0.25, -0.2) is 0 Å². The van der Waals surface area contributed by atoms with Gasteiger partial charge in [-0.3, -0.25) is 9.59 Å². The minimum atomic E-state index is -1.08. The lowest BCUT2D eigenvalue weighted by Gasteiger charge is -2.37. The predicted octanol–water partition coefficient (Wildman–Crippen LogP) is 1.38. The zero-order chi connectivity index (χ0) is 11.8. The number of benzene rings is 1. The summed E-state index contributed by atoms with van der Waals surface area (Å²) in [7, 11) is 1.49. The van der Waals surface area contributed by atoms with Gasteiger partial charge in [0.25, 0.3) is 0 Å². The number of carboxylic acid groups (broad SMARTS) is 1. The molecule has 0 saturated heterocycles. The minimum Gasteiger partial charge on any atom is -0.496 e. The molecule has 0 amide bonds. The molecular weight excluding hydrogens is 208 g/mol. The average Bonchev–Trinajstić information content (AvgIpc) is 2.24. The minimum absolute atomic E-state index is 0.0201. The molecule has 1 N–H and O–H groups in total. The summed E-state index contributed by atoms with van der Waals surface area (Å²) in [5.74, 6) is -0.456. The molecule has 1 aliphatic rings. The second-order valence-corrected chi connectivity index (χ2v) is 3.98. The van der Waals surface area contributed by atoms with E-state index in [9.17, 15) is 14.7 Å². The Morgan fingerprint density at radius 1 is 1.38 bits per heavy atom. The topological polar surface area (TPSA) is 63.6 Å². The maximum atomic E-state index is 11.3. The van der Waals surface area contributed by atoms with Crippen molar-refractivity contribution in [3.8, 4) is 5.75 Å². The molecule has 0 unspecified atom stereocenters. The van der Waals surface area contributed by atoms with Gasteiger partial charge in [0.05, 0.1) is 7.11 Å². The van der Waals surface area contributed by atoms with E-state index in [0.717, 1.165) is 0 Å². The van der Waals surface area contributed by atoms with Gasteiger partial charge in [0, 0.05) is 18.4 Å². The molecule has 4 heteroatoms. The molecule has 84 valence electrons. The van der Waals surface area contributed by atoms with Crippen molar-refractivity contribution in [1.82, 2.24) is 0 Å². The normalized spacial score (nSPS) is 17.7. The number of ketones is 1. The van der Waals surface area contributed by atoms with Crippen LogP contribution in [0.2, 0.25) is 0 Å². The van der Waals surface area contributed by atoms with Gasteiger partial charge in [0.15, 0.2) is 0 Å². The summed E-state index contributed by atoms with van der Waals surface area (Å²) < 4.78 is 5.14. The zero-order valence-corrected chi connectivity index (χ0v) is 8.90. The van der Waals surface area contributed by atoms with E-state index >= 15 is 0 Å². The third-order valence-electron chi connectivity index (χ3n) is 3.03. The largest absolute Gasteiger partial charge is 0.496 e. The van der Waals surface area contributed by atoms with Gasteiger partial charge in [-0.05, 0) is 6.07 Å². The van der Waals surface area contributed by atoms with E-state index in [1.54, 1.807) is 24.3 Å². The fourth-order valence-electron chi connectivity index (χ4n) is 2.12. The summed E-state index contributed by atoms with van der Waals surface area (Å²) >= 11 is 0. The SMILES string of the molecule is COc1ccccc1C1(C(=O)O)CC(=O)C1. The standard InChI is InChI=1S/C12H12O4/c1-16-10-5-3-2-4-9(10)12(11(14)15)6-8(13)7-12/h2-5H,6-7H2,1H3,(H,14,15). The number of rotatable bonds is 3. The van der Waals surface area contributed by atoms with Crippen LogP contribution in [0.3, 0.4) is 0 Å². The van der Waals surface area contributed by atoms with Crippen LogP contribution in [0, 0.1) is 0 Å². The smallest absolute Gasteiger partial charge is 0.315 e. The summed E-state index contributed by atoms with van der Waals surface area (Å²) in [4.78, 5) is 22.4. The Morgan fingerprint density at radius 2 is 2.00 bits per heavy atom. The van der Waals surface area contributed by atoms with E-state index in [-0.39, 0.29) is 18.6 Å². The molecule has 16 heavy (non-hydrogen) atoms. The third-order valence-corrected chi connectivity index (χ3v) is 3.03. The van der Waals surface area contributed by atoms with Crippen molar-refractivity contribution < 1.29 is 19.4 Å². The van der Waals surface area contributed by atoms with Gasteiger partial charge < -0.3 is 9.84 Å². The maximum Gasteiger partial charge on any atom is 0.315 e. The van der Waals surface area contributed by atoms with Crippen LogP contribution in [0.15, 0.2) is 24.3 Å². The Balaban J connectivity index is 2.48. The summed E-state index contributed by atoms with van der Waals surface area (Å²) in [6.45, 7) is 0. The van der Waals surface area contributed by atoms with Crippen LogP contribution in [-0.2, 0) is 15.0 Å². The second-order valence-electron chi connectivity index (χ2n) is 3.98. The van der Waals surface area contributed by atoms with Crippen LogP contribution in [0.1, 0.15) is 18.4 Å². The van der Waals surface area contributed by atoms with Crippen molar-refractivity contribution in [3.63, 3.8) is 0 Å². The zero-order valence-electron chi connectivity index (χ0n) is 8.90. The first-order valence-electron chi connectivity index (χ1n) is 4.99. The molecular formula is C12H12O4. The van der Waals surface area contributed by atoms with Crippen molar-refractivity contribution in [2.45, 2.75) is 18.3 Å². The molecule has 0 spiro atoms. The number of carboxylic acids is 1. The Bertz CT molecular complexity index is 442. The first-order valence-corrected chi connectivity index (χ1v) is 4.99. The van der Waals surface area contributed by atoms with Gasteiger partial charge in [-0.2, -0.15) is 0 Å². The van der Waals surface area contributed by atoms with Gasteiger partial charge in [0.2, 0.25) is 0 Å². The molecule has 1 fully saturated rings. The number of carbonyl (C=O) groups excluding carboxylic acids is 1. The average molecular weight is 220 g/mol. The number of Topliss-reactive ketones (excluding diaryl/α,β-unsaturated/α-hetero) is 1. The van der Waals surface area contributed by atoms with Crippen LogP contribution in [-0.4, -0.2) is 24.0 Å². The van der Waals surface area contributed by atoms with Crippen molar-refractivity contribution in [3.05, 3.63) is 29.8 Å². The first-order chi connectivity index (χ1) is 7.60. The Labute approximate surface area is 92.8 Å². The highest BCUT2D eigenvalue weighted by molar-refractivity contribution is 6.01. The fourth-order valence-corrected chi connectivity index (χ4v) is 2.12. The van der Waals surface area contributed by atoms with Crippen LogP contribution < -0.4 is 4.74 Å². The van der Waals surface area contributed by atoms with Gasteiger partial charge in [-0.15, -0.1) is 0 Å². The van der Waals surface area contributed by atoms with Crippen LogP contribution >= 0.6 is 0 Å². The van der Waals surface area contributed by atoms with Crippen molar-refractivity contribution in [2.75, 3.05) is 7.11 Å². The second kappa shape index (κ2) is 3.63. The van der Waals surface area contributed by atoms with Crippen molar-refractivity contribution >= 4 is 11.8 Å². The summed E-state index contributed by atoms with van der Waals surface area (Å²) in [5.41, 5.74) is -0.492. The highest BCUT2D eigenvalue weighted by atomic mass is 16.5. The van der Waals surface area contributed by atoms with Crippen molar-refractivity contribution in [2.24, 2.45) is 0 Å². The summed E-state index contributed by atoms with van der Waals surface area (Å²) in [5, 5.41) is 9.27. The fraction of sp³-hybridized carbons (Fsp3) is 0.333. The summed E-state index contributed by atoms with van der Waals surface area (Å²) in [6.07, 6.45) is 0.116. The molecule has 0 radical (unpaired) electrons. The maximum absolute atomic E-state index is 11.3. The molecule has 0 bridgehead atoms. The van der Waals surface area contributed by atoms with E-state index in [1.807, 2.05) is 0 Å². The number of hydrogen-bond acceptors (Lipinski definition) is 3. The number of aliphatic carboxylic acids is 1. The third kappa shape index (κ3) is 1.38. The van der Waals surface area contributed by atoms with Crippen molar-refractivity contribution in [1.29, 1.82) is 0 Å². The van der Waals surface area contributed by atoms with Gasteiger partial charge in [-0.1, -0.05) is 18.2 Å². The molecule has 1 aliphatic carbocycles. The van der Waals surface area contributed by atoms with E-state index in [0.29, 0.717) is 11.3 Å². The van der Waals surface area contributed by atoms with Gasteiger partial charge >= 0.3 is 5.97 Å². The van der Waals surface area contributed by atoms with E-state index in [4.69, 9.17) is 4.74 Å². The Kier molecular flexibility index (Phi) is 2.42. The number of para-hydroxylation sites is 1. The molecule has 0 heterocycles. The van der Waals surface area contributed by atoms with Crippen LogP contribution in [0.5, 0.6) is 5.75 Å². The molecule has 1 saturated carbocycles. The first kappa shape index (κ1) is 10.7. The van der Waals surface area contributed by atoms with Crippen LogP contribution in [0.25, 0.3) is 0 Å². The van der Waals surface area contributed by atoms with Crippen LogP contribution in [0.4, 0.5) is 0 Å². The molecule has 0 aliphatic heterocycles. The Hall–Kier alpha value is -1.84. The highest BCUT2D eigenvalue weighted by Crippen LogP contribution is 2.45. The predicted molar refractivity (Wildman–Crippen MR) is 56.5 cm³/mol. The number of carbonyl (C=O) groups is 2. The number of methoxy groups -OCH3 is 1. The molecule has 4 nitrogen and oxygen atoms in total. The molecule has 2 rings (SSSR count). The van der Waals surface area contributed by atoms with E-state index < -0.39 is 11.4 Å². The molecule has 0 atom stereocenters. The lowest BCUT2D eigenvalue weighted by atomic mass is 9.63. The molecule has 1 aromatic rings. The van der Waals surface area contributed by atoms with E-state index in [2.05, 4.69) is 0 Å². The molecule has 0 aromatic heterocycles. The Morgan fingerprint density at radius 3 is 2.50 bits per heavy atom. The summed E-state index contributed by atoms with van der Waals surface area (Å²) in [6, 6.07) is 6.95. The number of ether oxygens (including phenoxy) is 1.